The van der Waals surface area contributed by atoms with Gasteiger partial charge in [0.25, 0.3) is 5.91 Å². The van der Waals surface area contributed by atoms with E-state index in [9.17, 15) is 18.0 Å². The third-order valence-corrected chi connectivity index (χ3v) is 3.55. The van der Waals surface area contributed by atoms with E-state index in [1.165, 1.54) is 18.2 Å². The van der Waals surface area contributed by atoms with Crippen molar-refractivity contribution >= 4 is 17.4 Å². The monoisotopic (exact) mass is 366 g/mol. The third-order valence-electron chi connectivity index (χ3n) is 3.55. The van der Waals surface area contributed by atoms with E-state index in [0.29, 0.717) is 24.1 Å². The first-order chi connectivity index (χ1) is 12.1. The fraction of sp³-hybridized carbons (Fsp3) is 0.389. The molecule has 2 N–H and O–H groups in total. The van der Waals surface area contributed by atoms with Crippen molar-refractivity contribution in [2.75, 3.05) is 17.2 Å². The van der Waals surface area contributed by atoms with Crippen LogP contribution in [0, 0.1) is 12.8 Å². The number of halogens is 3. The van der Waals surface area contributed by atoms with Gasteiger partial charge in [-0.1, -0.05) is 19.9 Å². The Morgan fingerprint density at radius 1 is 1.19 bits per heavy atom. The number of rotatable bonds is 6. The second kappa shape index (κ2) is 8.16. The van der Waals surface area contributed by atoms with Crippen LogP contribution in [0.5, 0.6) is 0 Å². The van der Waals surface area contributed by atoms with Crippen molar-refractivity contribution in [2.24, 2.45) is 5.92 Å². The van der Waals surface area contributed by atoms with E-state index < -0.39 is 17.6 Å². The van der Waals surface area contributed by atoms with E-state index in [1.807, 2.05) is 0 Å². The quantitative estimate of drug-likeness (QED) is 0.789. The number of carbonyl (C=O) groups is 1. The predicted octanol–water partition coefficient (Wildman–Crippen LogP) is 4.51. The average Bonchev–Trinajstić information content (AvgIpc) is 2.53. The smallest absolute Gasteiger partial charge is 0.370 e. The lowest BCUT2D eigenvalue weighted by Gasteiger charge is -2.11. The summed E-state index contributed by atoms with van der Waals surface area (Å²) in [6, 6.07) is 5.94. The zero-order chi connectivity index (χ0) is 19.3. The summed E-state index contributed by atoms with van der Waals surface area (Å²) in [5.74, 6) is 0.830. The number of alkyl halides is 3. The van der Waals surface area contributed by atoms with Crippen LogP contribution < -0.4 is 10.6 Å². The van der Waals surface area contributed by atoms with Gasteiger partial charge in [0.1, 0.15) is 17.3 Å². The van der Waals surface area contributed by atoms with Gasteiger partial charge in [-0.2, -0.15) is 13.2 Å². The lowest BCUT2D eigenvalue weighted by atomic mass is 10.1. The van der Waals surface area contributed by atoms with Crippen molar-refractivity contribution in [3.8, 4) is 0 Å². The molecule has 0 radical (unpaired) electrons. The summed E-state index contributed by atoms with van der Waals surface area (Å²) >= 11 is 0. The van der Waals surface area contributed by atoms with Gasteiger partial charge in [-0.25, -0.2) is 9.97 Å². The summed E-state index contributed by atoms with van der Waals surface area (Å²) in [5.41, 5.74) is -0.692. The van der Waals surface area contributed by atoms with E-state index in [0.717, 1.165) is 18.6 Å². The molecule has 2 rings (SSSR count). The lowest BCUT2D eigenvalue weighted by molar-refractivity contribution is -0.137. The minimum atomic E-state index is -4.47. The largest absolute Gasteiger partial charge is 0.416 e. The normalized spacial score (nSPS) is 11.5. The first-order valence-electron chi connectivity index (χ1n) is 8.23. The molecule has 0 saturated carbocycles. The molecule has 0 spiro atoms. The first-order valence-corrected chi connectivity index (χ1v) is 8.23. The molecule has 0 aliphatic carbocycles. The van der Waals surface area contributed by atoms with Gasteiger partial charge in [0, 0.05) is 18.3 Å². The van der Waals surface area contributed by atoms with Crippen molar-refractivity contribution in [1.82, 2.24) is 9.97 Å². The third kappa shape index (κ3) is 5.72. The van der Waals surface area contributed by atoms with Crippen LogP contribution in [-0.2, 0) is 6.18 Å². The first kappa shape index (κ1) is 19.7. The van der Waals surface area contributed by atoms with E-state index in [1.54, 1.807) is 6.92 Å². The van der Waals surface area contributed by atoms with E-state index in [4.69, 9.17) is 0 Å². The molecule has 140 valence electrons. The minimum absolute atomic E-state index is 0.0513. The molecule has 0 aliphatic rings. The van der Waals surface area contributed by atoms with Crippen LogP contribution in [0.15, 0.2) is 30.3 Å². The molecule has 0 aliphatic heterocycles. The van der Waals surface area contributed by atoms with Gasteiger partial charge in [0.2, 0.25) is 0 Å². The number of aromatic nitrogens is 2. The fourth-order valence-corrected chi connectivity index (χ4v) is 2.23. The second-order valence-corrected chi connectivity index (χ2v) is 6.33. The van der Waals surface area contributed by atoms with Crippen molar-refractivity contribution in [3.05, 3.63) is 47.4 Å². The highest BCUT2D eigenvalue weighted by atomic mass is 19.4. The maximum Gasteiger partial charge on any atom is 0.416 e. The molecule has 0 atom stereocenters. The van der Waals surface area contributed by atoms with Gasteiger partial charge < -0.3 is 10.6 Å². The molecule has 5 nitrogen and oxygen atoms in total. The van der Waals surface area contributed by atoms with Gasteiger partial charge >= 0.3 is 6.18 Å². The van der Waals surface area contributed by atoms with Crippen molar-refractivity contribution in [2.45, 2.75) is 33.4 Å². The topological polar surface area (TPSA) is 66.9 Å². The Labute approximate surface area is 150 Å². The average molecular weight is 366 g/mol. The maximum atomic E-state index is 12.8. The number of aryl methyl sites for hydroxylation is 1. The molecule has 1 amide bonds. The Morgan fingerprint density at radius 3 is 2.58 bits per heavy atom. The highest BCUT2D eigenvalue weighted by Crippen LogP contribution is 2.30. The van der Waals surface area contributed by atoms with Crippen molar-refractivity contribution < 1.29 is 18.0 Å². The van der Waals surface area contributed by atoms with Gasteiger partial charge in [0.05, 0.1) is 5.56 Å². The summed E-state index contributed by atoms with van der Waals surface area (Å²) in [7, 11) is 0. The van der Waals surface area contributed by atoms with E-state index >= 15 is 0 Å². The molecule has 0 unspecified atom stereocenters. The number of hydrogen-bond donors (Lipinski definition) is 2. The summed E-state index contributed by atoms with van der Waals surface area (Å²) in [4.78, 5) is 20.6. The van der Waals surface area contributed by atoms with Crippen LogP contribution in [0.1, 0.15) is 42.1 Å². The highest BCUT2D eigenvalue weighted by Gasteiger charge is 2.30. The fourth-order valence-electron chi connectivity index (χ4n) is 2.23. The zero-order valence-electron chi connectivity index (χ0n) is 14.8. The van der Waals surface area contributed by atoms with Crippen LogP contribution in [0.4, 0.5) is 24.7 Å². The summed E-state index contributed by atoms with van der Waals surface area (Å²) in [5, 5.41) is 5.57. The Bertz CT molecular complexity index is 775. The van der Waals surface area contributed by atoms with Gasteiger partial charge in [-0.05, 0) is 37.5 Å². The minimum Gasteiger partial charge on any atom is -0.370 e. The molecule has 1 aromatic heterocycles. The lowest BCUT2D eigenvalue weighted by Crippen LogP contribution is -2.17. The Kier molecular flexibility index (Phi) is 6.18. The summed E-state index contributed by atoms with van der Waals surface area (Å²) in [6.45, 7) is 6.54. The van der Waals surface area contributed by atoms with Crippen LogP contribution >= 0.6 is 0 Å². The molecule has 0 bridgehead atoms. The SMILES string of the molecule is Cc1nc(NCCC(C)C)cc(C(=O)Nc2cccc(C(F)(F)F)c2)n1. The van der Waals surface area contributed by atoms with Crippen LogP contribution in [0.25, 0.3) is 0 Å². The molecular weight excluding hydrogens is 345 g/mol. The number of amides is 1. The Balaban J connectivity index is 2.13. The molecule has 8 heteroatoms. The Morgan fingerprint density at radius 2 is 1.92 bits per heavy atom. The summed E-state index contributed by atoms with van der Waals surface area (Å²) < 4.78 is 38.3. The Hall–Kier alpha value is -2.64. The molecule has 0 fully saturated rings. The number of hydrogen-bond acceptors (Lipinski definition) is 4. The zero-order valence-corrected chi connectivity index (χ0v) is 14.8. The van der Waals surface area contributed by atoms with Crippen LogP contribution in [-0.4, -0.2) is 22.4 Å². The maximum absolute atomic E-state index is 12.8. The number of nitrogens with zero attached hydrogens (tertiary/aromatic N) is 2. The van der Waals surface area contributed by atoms with E-state index in [-0.39, 0.29) is 11.4 Å². The van der Waals surface area contributed by atoms with Gasteiger partial charge in [-0.3, -0.25) is 4.79 Å². The standard InChI is InChI=1S/C18H21F3N4O/c1-11(2)7-8-22-16-10-15(23-12(3)24-16)17(26)25-14-6-4-5-13(9-14)18(19,20)21/h4-6,9-11H,7-8H2,1-3H3,(H,25,26)(H,22,23,24). The number of anilines is 2. The highest BCUT2D eigenvalue weighted by molar-refractivity contribution is 6.03. The molecule has 2 aromatic rings. The second-order valence-electron chi connectivity index (χ2n) is 6.33. The number of nitrogens with one attached hydrogen (secondary N) is 2. The predicted molar refractivity (Wildman–Crippen MR) is 94.1 cm³/mol. The van der Waals surface area contributed by atoms with E-state index in [2.05, 4.69) is 34.4 Å². The van der Waals surface area contributed by atoms with Crippen LogP contribution in [0.2, 0.25) is 0 Å². The number of benzene rings is 1. The van der Waals surface area contributed by atoms with Crippen molar-refractivity contribution in [1.29, 1.82) is 0 Å². The van der Waals surface area contributed by atoms with Crippen molar-refractivity contribution in [3.63, 3.8) is 0 Å². The molecule has 26 heavy (non-hydrogen) atoms. The van der Waals surface area contributed by atoms with Gasteiger partial charge in [0.15, 0.2) is 0 Å². The molecule has 1 aromatic carbocycles. The number of carbonyl (C=O) groups excluding carboxylic acids is 1. The molecule has 1 heterocycles. The molecular formula is C18H21F3N4O. The summed E-state index contributed by atoms with van der Waals surface area (Å²) in [6.07, 6.45) is -3.53. The molecule has 0 saturated heterocycles. The van der Waals surface area contributed by atoms with Crippen LogP contribution in [0.3, 0.4) is 0 Å². The van der Waals surface area contributed by atoms with Gasteiger partial charge in [-0.15, -0.1) is 0 Å².